The first-order chi connectivity index (χ1) is 10.5. The molecule has 0 bridgehead atoms. The van der Waals surface area contributed by atoms with Crippen molar-refractivity contribution in [1.29, 1.82) is 0 Å². The minimum Gasteiger partial charge on any atom is -0.489 e. The quantitative estimate of drug-likeness (QED) is 0.800. The standard InChI is InChI=1S/C18H18ClNO2/c1-12(2)11-22-16-8-5-14(6-9-16)18(21)20-15-7-4-13(3)17(19)10-15/h4-10H,1,11H2,2-3H3,(H,20,21). The predicted octanol–water partition coefficient (Wildman–Crippen LogP) is 4.86. The summed E-state index contributed by atoms with van der Waals surface area (Å²) in [4.78, 5) is 12.2. The summed E-state index contributed by atoms with van der Waals surface area (Å²) in [6, 6.07) is 12.4. The normalized spacial score (nSPS) is 10.1. The second kappa shape index (κ2) is 7.14. The lowest BCUT2D eigenvalue weighted by atomic mass is 10.2. The molecule has 2 aromatic carbocycles. The van der Waals surface area contributed by atoms with Gasteiger partial charge in [-0.15, -0.1) is 0 Å². The third kappa shape index (κ3) is 4.37. The van der Waals surface area contributed by atoms with Crippen molar-refractivity contribution >= 4 is 23.2 Å². The monoisotopic (exact) mass is 315 g/mol. The summed E-state index contributed by atoms with van der Waals surface area (Å²) in [6.07, 6.45) is 0. The molecule has 0 radical (unpaired) electrons. The van der Waals surface area contributed by atoms with Gasteiger partial charge in [0.15, 0.2) is 0 Å². The molecule has 2 rings (SSSR count). The van der Waals surface area contributed by atoms with E-state index >= 15 is 0 Å². The van der Waals surface area contributed by atoms with Gasteiger partial charge < -0.3 is 10.1 Å². The molecule has 4 heteroatoms. The number of ether oxygens (including phenoxy) is 1. The molecule has 3 nitrogen and oxygen atoms in total. The van der Waals surface area contributed by atoms with Crippen LogP contribution in [-0.4, -0.2) is 12.5 Å². The van der Waals surface area contributed by atoms with Gasteiger partial charge in [-0.05, 0) is 61.4 Å². The minimum absolute atomic E-state index is 0.189. The molecule has 2 aromatic rings. The fourth-order valence-corrected chi connectivity index (χ4v) is 1.96. The lowest BCUT2D eigenvalue weighted by molar-refractivity contribution is 0.102. The molecule has 114 valence electrons. The molecule has 1 amide bonds. The van der Waals surface area contributed by atoms with Gasteiger partial charge in [0.2, 0.25) is 0 Å². The van der Waals surface area contributed by atoms with E-state index in [1.807, 2.05) is 26.0 Å². The highest BCUT2D eigenvalue weighted by atomic mass is 35.5. The van der Waals surface area contributed by atoms with Gasteiger partial charge in [0, 0.05) is 16.3 Å². The van der Waals surface area contributed by atoms with Crippen LogP contribution >= 0.6 is 11.6 Å². The Labute approximate surface area is 135 Å². The molecule has 0 fully saturated rings. The van der Waals surface area contributed by atoms with Crippen molar-refractivity contribution in [2.45, 2.75) is 13.8 Å². The van der Waals surface area contributed by atoms with Crippen LogP contribution in [0.25, 0.3) is 0 Å². The molecule has 0 aliphatic rings. The molecule has 0 saturated carbocycles. The van der Waals surface area contributed by atoms with E-state index in [0.29, 0.717) is 28.6 Å². The van der Waals surface area contributed by atoms with Crippen LogP contribution < -0.4 is 10.1 Å². The van der Waals surface area contributed by atoms with Crippen LogP contribution in [0.5, 0.6) is 5.75 Å². The first-order valence-corrected chi connectivity index (χ1v) is 7.28. The van der Waals surface area contributed by atoms with Gasteiger partial charge in [-0.2, -0.15) is 0 Å². The van der Waals surface area contributed by atoms with Crippen LogP contribution in [0.1, 0.15) is 22.8 Å². The van der Waals surface area contributed by atoms with Gasteiger partial charge in [-0.1, -0.05) is 24.2 Å². The molecule has 0 spiro atoms. The number of nitrogens with one attached hydrogen (secondary N) is 1. The van der Waals surface area contributed by atoms with E-state index < -0.39 is 0 Å². The van der Waals surface area contributed by atoms with Crippen LogP contribution in [0.4, 0.5) is 5.69 Å². The number of carbonyl (C=O) groups excluding carboxylic acids is 1. The lowest BCUT2D eigenvalue weighted by Gasteiger charge is -2.08. The number of anilines is 1. The van der Waals surface area contributed by atoms with E-state index in [2.05, 4.69) is 11.9 Å². The highest BCUT2D eigenvalue weighted by Gasteiger charge is 2.07. The number of benzene rings is 2. The molecule has 0 unspecified atom stereocenters. The molecule has 22 heavy (non-hydrogen) atoms. The second-order valence-corrected chi connectivity index (χ2v) is 5.60. The third-order valence-electron chi connectivity index (χ3n) is 3.03. The number of aryl methyl sites for hydroxylation is 1. The maximum atomic E-state index is 12.2. The second-order valence-electron chi connectivity index (χ2n) is 5.19. The SMILES string of the molecule is C=C(C)COc1ccc(C(=O)Nc2ccc(C)c(Cl)c2)cc1. The zero-order chi connectivity index (χ0) is 16.1. The third-order valence-corrected chi connectivity index (χ3v) is 3.44. The van der Waals surface area contributed by atoms with E-state index in [4.69, 9.17) is 16.3 Å². The van der Waals surface area contributed by atoms with E-state index in [1.165, 1.54) is 0 Å². The van der Waals surface area contributed by atoms with E-state index in [9.17, 15) is 4.79 Å². The molecule has 0 heterocycles. The number of amides is 1. The highest BCUT2D eigenvalue weighted by molar-refractivity contribution is 6.31. The summed E-state index contributed by atoms with van der Waals surface area (Å²) in [5.41, 5.74) is 3.14. The first kappa shape index (κ1) is 16.1. The van der Waals surface area contributed by atoms with Crippen molar-refractivity contribution in [3.63, 3.8) is 0 Å². The summed E-state index contributed by atoms with van der Waals surface area (Å²) in [5, 5.41) is 3.44. The van der Waals surface area contributed by atoms with E-state index in [1.54, 1.807) is 30.3 Å². The summed E-state index contributed by atoms with van der Waals surface area (Å²) in [6.45, 7) is 8.05. The van der Waals surface area contributed by atoms with Gasteiger partial charge in [-0.25, -0.2) is 0 Å². The van der Waals surface area contributed by atoms with Crippen LogP contribution in [0.15, 0.2) is 54.6 Å². The number of rotatable bonds is 5. The molecule has 0 aliphatic carbocycles. The fourth-order valence-electron chi connectivity index (χ4n) is 1.78. The summed E-state index contributed by atoms with van der Waals surface area (Å²) >= 11 is 6.05. The summed E-state index contributed by atoms with van der Waals surface area (Å²) < 4.78 is 5.50. The molecular weight excluding hydrogens is 298 g/mol. The molecule has 0 aliphatic heterocycles. The van der Waals surface area contributed by atoms with Gasteiger partial charge >= 0.3 is 0 Å². The fraction of sp³-hybridized carbons (Fsp3) is 0.167. The largest absolute Gasteiger partial charge is 0.489 e. The Morgan fingerprint density at radius 2 is 1.91 bits per heavy atom. The predicted molar refractivity (Wildman–Crippen MR) is 90.9 cm³/mol. The van der Waals surface area contributed by atoms with Crippen molar-refractivity contribution in [1.82, 2.24) is 0 Å². The Kier molecular flexibility index (Phi) is 5.23. The van der Waals surface area contributed by atoms with Crippen molar-refractivity contribution in [3.05, 3.63) is 70.8 Å². The molecule has 0 atom stereocenters. The summed E-state index contributed by atoms with van der Waals surface area (Å²) in [5.74, 6) is 0.518. The van der Waals surface area contributed by atoms with Gasteiger partial charge in [0.25, 0.3) is 5.91 Å². The maximum Gasteiger partial charge on any atom is 0.255 e. The van der Waals surface area contributed by atoms with E-state index in [-0.39, 0.29) is 5.91 Å². The average Bonchev–Trinajstić information content (AvgIpc) is 2.49. The maximum absolute atomic E-state index is 12.2. The van der Waals surface area contributed by atoms with Crippen molar-refractivity contribution in [2.24, 2.45) is 0 Å². The number of carbonyl (C=O) groups is 1. The number of hydrogen-bond donors (Lipinski definition) is 1. The molecule has 0 saturated heterocycles. The Morgan fingerprint density at radius 3 is 2.50 bits per heavy atom. The van der Waals surface area contributed by atoms with Crippen LogP contribution in [-0.2, 0) is 0 Å². The van der Waals surface area contributed by atoms with E-state index in [0.717, 1.165) is 11.1 Å². The van der Waals surface area contributed by atoms with Crippen LogP contribution in [0.3, 0.4) is 0 Å². The molecule has 0 aromatic heterocycles. The highest BCUT2D eigenvalue weighted by Crippen LogP contribution is 2.21. The van der Waals surface area contributed by atoms with Gasteiger partial charge in [0.05, 0.1) is 0 Å². The van der Waals surface area contributed by atoms with Crippen LogP contribution in [0.2, 0.25) is 5.02 Å². The lowest BCUT2D eigenvalue weighted by Crippen LogP contribution is -2.11. The van der Waals surface area contributed by atoms with Gasteiger partial charge in [0.1, 0.15) is 12.4 Å². The number of hydrogen-bond acceptors (Lipinski definition) is 2. The first-order valence-electron chi connectivity index (χ1n) is 6.90. The van der Waals surface area contributed by atoms with Crippen molar-refractivity contribution in [2.75, 3.05) is 11.9 Å². The Morgan fingerprint density at radius 1 is 1.23 bits per heavy atom. The van der Waals surface area contributed by atoms with Crippen molar-refractivity contribution < 1.29 is 9.53 Å². The zero-order valence-electron chi connectivity index (χ0n) is 12.7. The Balaban J connectivity index is 2.03. The number of halogens is 1. The summed E-state index contributed by atoms with van der Waals surface area (Å²) in [7, 11) is 0. The topological polar surface area (TPSA) is 38.3 Å². The average molecular weight is 316 g/mol. The smallest absolute Gasteiger partial charge is 0.255 e. The Bertz CT molecular complexity index is 693. The van der Waals surface area contributed by atoms with Crippen LogP contribution in [0, 0.1) is 6.92 Å². The van der Waals surface area contributed by atoms with Crippen molar-refractivity contribution in [3.8, 4) is 5.75 Å². The molecular formula is C18H18ClNO2. The zero-order valence-corrected chi connectivity index (χ0v) is 13.4. The Hall–Kier alpha value is -2.26. The van der Waals surface area contributed by atoms with Gasteiger partial charge in [-0.3, -0.25) is 4.79 Å². The minimum atomic E-state index is -0.189. The molecule has 1 N–H and O–H groups in total.